The maximum Gasteiger partial charge on any atom is 0.246 e. The van der Waals surface area contributed by atoms with Crippen molar-refractivity contribution in [2.24, 2.45) is 0 Å². The molecule has 0 aliphatic carbocycles. The summed E-state index contributed by atoms with van der Waals surface area (Å²) in [5.74, 6) is 1.25. The molecule has 32 heavy (non-hydrogen) atoms. The molecule has 5 rings (SSSR count). The maximum atomic E-state index is 13.5. The summed E-state index contributed by atoms with van der Waals surface area (Å²) >= 11 is 3.60. The highest BCUT2D eigenvalue weighted by atomic mass is 79.9. The Kier molecular flexibility index (Phi) is 5.61. The van der Waals surface area contributed by atoms with Crippen LogP contribution in [-0.2, 0) is 6.54 Å². The number of tetrazole rings is 1. The van der Waals surface area contributed by atoms with E-state index in [2.05, 4.69) is 60.6 Å². The molecule has 0 saturated heterocycles. The summed E-state index contributed by atoms with van der Waals surface area (Å²) in [6.45, 7) is 0.563. The Bertz CT molecular complexity index is 1210. The lowest BCUT2D eigenvalue weighted by Crippen LogP contribution is -2.38. The summed E-state index contributed by atoms with van der Waals surface area (Å²) in [6, 6.07) is 22.9. The molecule has 4 aromatic rings. The highest BCUT2D eigenvalue weighted by Crippen LogP contribution is 2.42. The Morgan fingerprint density at radius 3 is 2.50 bits per heavy atom. The zero-order valence-corrected chi connectivity index (χ0v) is 19.0. The summed E-state index contributed by atoms with van der Waals surface area (Å²) < 4.78 is 21.7. The number of aromatic nitrogens is 4. The SMILES string of the molecule is COc1ccc([C@@H]2C[C@H](c3cccc(Br)c3)N(Cc3ccc(F)cc3)c3nnnn32)cc1. The van der Waals surface area contributed by atoms with Gasteiger partial charge >= 0.3 is 0 Å². The molecule has 1 aromatic heterocycles. The molecule has 162 valence electrons. The average Bonchev–Trinajstić information content (AvgIpc) is 3.31. The van der Waals surface area contributed by atoms with Crippen LogP contribution in [0.25, 0.3) is 0 Å². The van der Waals surface area contributed by atoms with Crippen molar-refractivity contribution >= 4 is 21.9 Å². The standard InChI is InChI=1S/C24H21BrFN5O/c1-32-21-11-7-17(8-12-21)23-14-22(18-3-2-4-19(25)13-18)30(24-27-28-29-31(23)24)15-16-5-9-20(26)10-6-16/h2-13,22-23H,14-15H2,1H3/t22-,23+/m1/s1. The number of rotatable bonds is 5. The summed E-state index contributed by atoms with van der Waals surface area (Å²) in [5.41, 5.74) is 3.26. The molecule has 0 radical (unpaired) electrons. The molecular weight excluding hydrogens is 473 g/mol. The number of benzene rings is 3. The van der Waals surface area contributed by atoms with E-state index in [1.807, 2.05) is 28.9 Å². The number of fused-ring (bicyclic) bond motifs is 1. The third-order valence-corrected chi connectivity index (χ3v) is 6.34. The first-order chi connectivity index (χ1) is 15.6. The number of methoxy groups -OCH3 is 1. The van der Waals surface area contributed by atoms with Crippen LogP contribution in [0.1, 0.15) is 35.2 Å². The van der Waals surface area contributed by atoms with E-state index in [0.717, 1.165) is 33.3 Å². The fourth-order valence-electron chi connectivity index (χ4n) is 4.26. The highest BCUT2D eigenvalue weighted by Gasteiger charge is 2.36. The number of hydrogen-bond acceptors (Lipinski definition) is 5. The predicted octanol–water partition coefficient (Wildman–Crippen LogP) is 5.32. The molecule has 8 heteroatoms. The molecule has 0 amide bonds. The van der Waals surface area contributed by atoms with E-state index in [4.69, 9.17) is 4.74 Å². The lowest BCUT2D eigenvalue weighted by Gasteiger charge is -2.40. The number of ether oxygens (including phenoxy) is 1. The molecule has 0 N–H and O–H groups in total. The van der Waals surface area contributed by atoms with E-state index in [1.54, 1.807) is 19.2 Å². The predicted molar refractivity (Wildman–Crippen MR) is 123 cm³/mol. The molecule has 0 saturated carbocycles. The minimum Gasteiger partial charge on any atom is -0.497 e. The zero-order chi connectivity index (χ0) is 22.1. The van der Waals surface area contributed by atoms with Gasteiger partial charge in [0, 0.05) is 11.0 Å². The van der Waals surface area contributed by atoms with E-state index in [1.165, 1.54) is 12.1 Å². The summed E-state index contributed by atoms with van der Waals surface area (Å²) in [6.07, 6.45) is 0.780. The van der Waals surface area contributed by atoms with E-state index in [-0.39, 0.29) is 17.9 Å². The van der Waals surface area contributed by atoms with Crippen molar-refractivity contribution < 1.29 is 9.13 Å². The first-order valence-electron chi connectivity index (χ1n) is 10.3. The Balaban J connectivity index is 1.58. The van der Waals surface area contributed by atoms with Gasteiger partial charge in [-0.05, 0) is 69.9 Å². The van der Waals surface area contributed by atoms with Gasteiger partial charge in [-0.3, -0.25) is 0 Å². The highest BCUT2D eigenvalue weighted by molar-refractivity contribution is 9.10. The molecule has 0 spiro atoms. The Morgan fingerprint density at radius 2 is 1.78 bits per heavy atom. The minimum absolute atomic E-state index is 0.0284. The molecule has 2 heterocycles. The first kappa shape index (κ1) is 20.6. The van der Waals surface area contributed by atoms with Crippen molar-refractivity contribution in [1.29, 1.82) is 0 Å². The molecule has 3 aromatic carbocycles. The zero-order valence-electron chi connectivity index (χ0n) is 17.4. The van der Waals surface area contributed by atoms with E-state index < -0.39 is 0 Å². The molecule has 0 bridgehead atoms. The summed E-state index contributed by atoms with van der Waals surface area (Å²) in [5, 5.41) is 12.7. The second-order valence-corrected chi connectivity index (χ2v) is 8.69. The number of nitrogens with zero attached hydrogens (tertiary/aromatic N) is 5. The van der Waals surface area contributed by atoms with Gasteiger partial charge in [0.2, 0.25) is 5.95 Å². The van der Waals surface area contributed by atoms with Crippen LogP contribution >= 0.6 is 15.9 Å². The van der Waals surface area contributed by atoms with E-state index >= 15 is 0 Å². The third kappa shape index (κ3) is 3.98. The van der Waals surface area contributed by atoms with E-state index in [9.17, 15) is 4.39 Å². The quantitative estimate of drug-likeness (QED) is 0.376. The molecule has 6 nitrogen and oxygen atoms in total. The molecular formula is C24H21BrFN5O. The van der Waals surface area contributed by atoms with Crippen LogP contribution in [0.3, 0.4) is 0 Å². The molecule has 0 fully saturated rings. The van der Waals surface area contributed by atoms with Crippen LogP contribution in [0.2, 0.25) is 0 Å². The van der Waals surface area contributed by atoms with Crippen molar-refractivity contribution in [3.63, 3.8) is 0 Å². The summed E-state index contributed by atoms with van der Waals surface area (Å²) in [7, 11) is 1.66. The lowest BCUT2D eigenvalue weighted by atomic mass is 9.91. The Labute approximate surface area is 193 Å². The van der Waals surface area contributed by atoms with Crippen LogP contribution in [0.4, 0.5) is 10.3 Å². The van der Waals surface area contributed by atoms with Crippen molar-refractivity contribution in [2.75, 3.05) is 12.0 Å². The monoisotopic (exact) mass is 493 g/mol. The van der Waals surface area contributed by atoms with Crippen molar-refractivity contribution in [1.82, 2.24) is 20.2 Å². The second kappa shape index (κ2) is 8.70. The normalized spacial score (nSPS) is 17.8. The van der Waals surface area contributed by atoms with Gasteiger partial charge in [-0.25, -0.2) is 9.07 Å². The third-order valence-electron chi connectivity index (χ3n) is 5.85. The number of hydrogen-bond donors (Lipinski definition) is 0. The lowest BCUT2D eigenvalue weighted by molar-refractivity contribution is 0.375. The second-order valence-electron chi connectivity index (χ2n) is 7.77. The van der Waals surface area contributed by atoms with Crippen LogP contribution in [0, 0.1) is 5.82 Å². The molecule has 2 atom stereocenters. The fourth-order valence-corrected chi connectivity index (χ4v) is 4.68. The topological polar surface area (TPSA) is 56.1 Å². The molecule has 1 aliphatic rings. The van der Waals surface area contributed by atoms with Gasteiger partial charge < -0.3 is 9.64 Å². The minimum atomic E-state index is -0.250. The molecule has 0 unspecified atom stereocenters. The fraction of sp³-hybridized carbons (Fsp3) is 0.208. The van der Waals surface area contributed by atoms with Crippen LogP contribution < -0.4 is 9.64 Å². The first-order valence-corrected chi connectivity index (χ1v) is 11.1. The van der Waals surface area contributed by atoms with Gasteiger partial charge in [0.1, 0.15) is 11.6 Å². The largest absolute Gasteiger partial charge is 0.497 e. The van der Waals surface area contributed by atoms with Gasteiger partial charge in [-0.1, -0.05) is 57.4 Å². The molecule has 1 aliphatic heterocycles. The average molecular weight is 494 g/mol. The van der Waals surface area contributed by atoms with Crippen molar-refractivity contribution in [3.05, 3.63) is 99.8 Å². The Hall–Kier alpha value is -3.26. The van der Waals surface area contributed by atoms with Crippen LogP contribution in [0.15, 0.2) is 77.3 Å². The van der Waals surface area contributed by atoms with Gasteiger partial charge in [-0.2, -0.15) is 0 Å². The van der Waals surface area contributed by atoms with Crippen LogP contribution in [0.5, 0.6) is 5.75 Å². The van der Waals surface area contributed by atoms with Gasteiger partial charge in [-0.15, -0.1) is 0 Å². The smallest absolute Gasteiger partial charge is 0.246 e. The Morgan fingerprint density at radius 1 is 1.00 bits per heavy atom. The van der Waals surface area contributed by atoms with Crippen molar-refractivity contribution in [3.8, 4) is 5.75 Å². The number of halogens is 2. The summed E-state index contributed by atoms with van der Waals surface area (Å²) in [4.78, 5) is 2.19. The van der Waals surface area contributed by atoms with E-state index in [0.29, 0.717) is 12.5 Å². The van der Waals surface area contributed by atoms with Crippen molar-refractivity contribution in [2.45, 2.75) is 25.0 Å². The van der Waals surface area contributed by atoms with Gasteiger partial charge in [0.05, 0.1) is 19.2 Å². The van der Waals surface area contributed by atoms with Crippen LogP contribution in [-0.4, -0.2) is 27.3 Å². The maximum absolute atomic E-state index is 13.5. The number of anilines is 1. The van der Waals surface area contributed by atoms with Gasteiger partial charge in [0.25, 0.3) is 0 Å². The van der Waals surface area contributed by atoms with Gasteiger partial charge in [0.15, 0.2) is 0 Å².